The first-order valence-corrected chi connectivity index (χ1v) is 7.33. The predicted octanol–water partition coefficient (Wildman–Crippen LogP) is 2.74. The lowest BCUT2D eigenvalue weighted by Gasteiger charge is -2.34. The highest BCUT2D eigenvalue weighted by Crippen LogP contribution is 2.22. The summed E-state index contributed by atoms with van der Waals surface area (Å²) >= 11 is 0. The van der Waals surface area contributed by atoms with Crippen LogP contribution in [0.15, 0.2) is 18.2 Å². The molecule has 6 heteroatoms. The molecule has 0 spiro atoms. The van der Waals surface area contributed by atoms with Crippen LogP contribution in [0, 0.1) is 6.92 Å². The maximum atomic E-state index is 11.5. The zero-order chi connectivity index (χ0) is 14.5. The lowest BCUT2D eigenvalue weighted by atomic mass is 10.1. The number of nitrogens with one attached hydrogen (secondary N) is 1. The summed E-state index contributed by atoms with van der Waals surface area (Å²) in [5.74, 6) is -0.157. The van der Waals surface area contributed by atoms with E-state index in [1.54, 1.807) is 0 Å². The Morgan fingerprint density at radius 1 is 1.41 bits per heavy atom. The summed E-state index contributed by atoms with van der Waals surface area (Å²) < 4.78 is 4.99. The molecule has 1 aliphatic rings. The van der Waals surface area contributed by atoms with Crippen molar-refractivity contribution < 1.29 is 9.53 Å². The molecule has 1 fully saturated rings. The summed E-state index contributed by atoms with van der Waals surface area (Å²) in [6.45, 7) is 9.66. The zero-order valence-corrected chi connectivity index (χ0v) is 15.1. The fourth-order valence-electron chi connectivity index (χ4n) is 2.71. The van der Waals surface area contributed by atoms with Gasteiger partial charge in [-0.2, -0.15) is 0 Å². The van der Waals surface area contributed by atoms with Crippen molar-refractivity contribution in [1.29, 1.82) is 0 Å². The Bertz CT molecular complexity index is 483. The van der Waals surface area contributed by atoms with Crippen molar-refractivity contribution in [2.45, 2.75) is 33.2 Å². The third kappa shape index (κ3) is 5.67. The lowest BCUT2D eigenvalue weighted by molar-refractivity contribution is -0.142. The van der Waals surface area contributed by atoms with Gasteiger partial charge in [-0.05, 0) is 38.0 Å². The molecule has 2 rings (SSSR count). The van der Waals surface area contributed by atoms with Crippen LogP contribution in [0.1, 0.15) is 25.0 Å². The van der Waals surface area contributed by atoms with Gasteiger partial charge in [-0.3, -0.25) is 4.79 Å². The molecule has 0 saturated carbocycles. The van der Waals surface area contributed by atoms with Crippen molar-refractivity contribution in [3.05, 3.63) is 29.3 Å². The minimum atomic E-state index is -0.157. The van der Waals surface area contributed by atoms with Crippen LogP contribution in [0.5, 0.6) is 0 Å². The van der Waals surface area contributed by atoms with E-state index in [0.717, 1.165) is 25.2 Å². The smallest absolute Gasteiger partial charge is 0.310 e. The Morgan fingerprint density at radius 3 is 2.73 bits per heavy atom. The van der Waals surface area contributed by atoms with Crippen LogP contribution in [0.3, 0.4) is 0 Å². The van der Waals surface area contributed by atoms with E-state index in [0.29, 0.717) is 19.1 Å². The Hall–Kier alpha value is -0.970. The molecule has 4 nitrogen and oxygen atoms in total. The second kappa shape index (κ2) is 9.93. The van der Waals surface area contributed by atoms with Gasteiger partial charge in [-0.1, -0.05) is 12.1 Å². The first kappa shape index (κ1) is 21.0. The standard InChI is InChI=1S/C16H24N2O2.2ClH/c1-4-20-16(19)10-14-5-6-15(12(2)9-14)18-8-7-17-13(3)11-18;;/h5-6,9,13,17H,4,7-8,10-11H2,1-3H3;2*1H/t13-;;/m1../s1. The summed E-state index contributed by atoms with van der Waals surface area (Å²) in [5.41, 5.74) is 3.51. The summed E-state index contributed by atoms with van der Waals surface area (Å²) in [6.07, 6.45) is 0.354. The van der Waals surface area contributed by atoms with Crippen molar-refractivity contribution in [2.75, 3.05) is 31.1 Å². The molecular weight excluding hydrogens is 323 g/mol. The molecule has 0 amide bonds. The Balaban J connectivity index is 0.00000220. The summed E-state index contributed by atoms with van der Waals surface area (Å²) in [5, 5.41) is 3.45. The van der Waals surface area contributed by atoms with Gasteiger partial charge in [0.25, 0.3) is 0 Å². The highest BCUT2D eigenvalue weighted by Gasteiger charge is 2.17. The maximum absolute atomic E-state index is 11.5. The fraction of sp³-hybridized carbons (Fsp3) is 0.562. The van der Waals surface area contributed by atoms with E-state index in [-0.39, 0.29) is 30.8 Å². The average Bonchev–Trinajstić information content (AvgIpc) is 2.39. The van der Waals surface area contributed by atoms with Crippen LogP contribution in [0.25, 0.3) is 0 Å². The molecule has 1 atom stereocenters. The monoisotopic (exact) mass is 348 g/mol. The van der Waals surface area contributed by atoms with E-state index in [9.17, 15) is 4.79 Å². The Labute approximate surface area is 145 Å². The van der Waals surface area contributed by atoms with E-state index in [4.69, 9.17) is 4.74 Å². The van der Waals surface area contributed by atoms with E-state index in [1.807, 2.05) is 13.0 Å². The Kier molecular flexibility index (Phi) is 9.49. The van der Waals surface area contributed by atoms with E-state index in [1.165, 1.54) is 11.3 Å². The van der Waals surface area contributed by atoms with Crippen molar-refractivity contribution in [2.24, 2.45) is 0 Å². The van der Waals surface area contributed by atoms with Gasteiger partial charge in [0.1, 0.15) is 0 Å². The number of hydrogen-bond acceptors (Lipinski definition) is 4. The summed E-state index contributed by atoms with van der Waals surface area (Å²) in [7, 11) is 0. The minimum Gasteiger partial charge on any atom is -0.466 e. The average molecular weight is 349 g/mol. The number of nitrogens with zero attached hydrogens (tertiary/aromatic N) is 1. The van der Waals surface area contributed by atoms with Crippen molar-refractivity contribution in [3.63, 3.8) is 0 Å². The van der Waals surface area contributed by atoms with Gasteiger partial charge in [0.05, 0.1) is 13.0 Å². The number of aryl methyl sites for hydroxylation is 1. The third-order valence-corrected chi connectivity index (χ3v) is 3.62. The predicted molar refractivity (Wildman–Crippen MR) is 95.7 cm³/mol. The van der Waals surface area contributed by atoms with Gasteiger partial charge in [0.2, 0.25) is 0 Å². The molecule has 1 aromatic rings. The molecule has 1 N–H and O–H groups in total. The lowest BCUT2D eigenvalue weighted by Crippen LogP contribution is -2.49. The fourth-order valence-corrected chi connectivity index (χ4v) is 2.71. The minimum absolute atomic E-state index is 0. The molecular formula is C16H26Cl2N2O2. The van der Waals surface area contributed by atoms with Crippen LogP contribution < -0.4 is 10.2 Å². The number of anilines is 1. The molecule has 1 aromatic carbocycles. The van der Waals surface area contributed by atoms with Gasteiger partial charge in [-0.15, -0.1) is 24.8 Å². The number of rotatable bonds is 4. The number of piperazine rings is 1. The zero-order valence-electron chi connectivity index (χ0n) is 13.4. The van der Waals surface area contributed by atoms with Crippen LogP contribution in [0.2, 0.25) is 0 Å². The van der Waals surface area contributed by atoms with Gasteiger partial charge in [0, 0.05) is 31.4 Å². The van der Waals surface area contributed by atoms with Crippen molar-refractivity contribution in [3.8, 4) is 0 Å². The van der Waals surface area contributed by atoms with Crippen molar-refractivity contribution in [1.82, 2.24) is 5.32 Å². The normalized spacial score (nSPS) is 17.2. The van der Waals surface area contributed by atoms with Gasteiger partial charge >= 0.3 is 5.97 Å². The maximum Gasteiger partial charge on any atom is 0.310 e. The largest absolute Gasteiger partial charge is 0.466 e. The SMILES string of the molecule is CCOC(=O)Cc1ccc(N2CCN[C@H](C)C2)c(C)c1.Cl.Cl. The van der Waals surface area contributed by atoms with Gasteiger partial charge in [-0.25, -0.2) is 0 Å². The van der Waals surface area contributed by atoms with Crippen LogP contribution in [0.4, 0.5) is 5.69 Å². The third-order valence-electron chi connectivity index (χ3n) is 3.62. The number of esters is 1. The molecule has 1 saturated heterocycles. The molecule has 1 heterocycles. The Morgan fingerprint density at radius 2 is 2.14 bits per heavy atom. The van der Waals surface area contributed by atoms with E-state index >= 15 is 0 Å². The number of carbonyl (C=O) groups is 1. The molecule has 126 valence electrons. The number of carbonyl (C=O) groups excluding carboxylic acids is 1. The van der Waals surface area contributed by atoms with Crippen LogP contribution in [-0.4, -0.2) is 38.3 Å². The van der Waals surface area contributed by atoms with Crippen LogP contribution in [-0.2, 0) is 16.0 Å². The second-order valence-corrected chi connectivity index (χ2v) is 5.40. The highest BCUT2D eigenvalue weighted by atomic mass is 35.5. The number of hydrogen-bond donors (Lipinski definition) is 1. The first-order chi connectivity index (χ1) is 9.60. The molecule has 0 aliphatic carbocycles. The topological polar surface area (TPSA) is 41.6 Å². The van der Waals surface area contributed by atoms with E-state index < -0.39 is 0 Å². The molecule has 22 heavy (non-hydrogen) atoms. The molecule has 0 radical (unpaired) electrons. The summed E-state index contributed by atoms with van der Waals surface area (Å²) in [6, 6.07) is 6.77. The summed E-state index contributed by atoms with van der Waals surface area (Å²) in [4.78, 5) is 13.9. The quantitative estimate of drug-likeness (QED) is 0.849. The molecule has 0 unspecified atom stereocenters. The molecule has 0 bridgehead atoms. The van der Waals surface area contributed by atoms with E-state index in [2.05, 4.69) is 36.2 Å². The first-order valence-electron chi connectivity index (χ1n) is 7.33. The van der Waals surface area contributed by atoms with Crippen LogP contribution >= 0.6 is 24.8 Å². The van der Waals surface area contributed by atoms with Crippen molar-refractivity contribution >= 4 is 36.5 Å². The number of benzene rings is 1. The molecule has 1 aliphatic heterocycles. The highest BCUT2D eigenvalue weighted by molar-refractivity contribution is 5.85. The van der Waals surface area contributed by atoms with Gasteiger partial charge in [0.15, 0.2) is 0 Å². The number of halogens is 2. The second-order valence-electron chi connectivity index (χ2n) is 5.40. The molecule has 0 aromatic heterocycles. The van der Waals surface area contributed by atoms with Gasteiger partial charge < -0.3 is 15.0 Å². The number of ether oxygens (including phenoxy) is 1.